The summed E-state index contributed by atoms with van der Waals surface area (Å²) in [5.41, 5.74) is 6.38. The lowest BCUT2D eigenvalue weighted by Crippen LogP contribution is -2.17. The SMILES string of the molecule is CCC(C)N=c1cc2n(-c3ccc(C(=O)OC)cc3)c3ccccc3nc-2cc1Nc1cccnc1OC. The topological polar surface area (TPSA) is 90.6 Å². The molecule has 1 N–H and O–H groups in total. The average Bonchev–Trinajstić information content (AvgIpc) is 2.96. The van der Waals surface area contributed by atoms with Crippen molar-refractivity contribution in [3.63, 3.8) is 0 Å². The molecule has 0 spiro atoms. The van der Waals surface area contributed by atoms with Crippen molar-refractivity contribution < 1.29 is 14.3 Å². The first kappa shape index (κ1) is 25.0. The third-order valence-corrected chi connectivity index (χ3v) is 6.43. The number of nitrogens with zero attached hydrogens (tertiary/aromatic N) is 4. The second-order valence-corrected chi connectivity index (χ2v) is 8.90. The lowest BCUT2D eigenvalue weighted by atomic mass is 10.1. The maximum atomic E-state index is 12.0. The molecule has 38 heavy (non-hydrogen) atoms. The highest BCUT2D eigenvalue weighted by Crippen LogP contribution is 2.31. The maximum Gasteiger partial charge on any atom is 0.337 e. The Morgan fingerprint density at radius 1 is 1.03 bits per heavy atom. The van der Waals surface area contributed by atoms with E-state index < -0.39 is 0 Å². The lowest BCUT2D eigenvalue weighted by molar-refractivity contribution is 0.0600. The van der Waals surface area contributed by atoms with Crippen molar-refractivity contribution in [3.05, 3.63) is 89.9 Å². The lowest BCUT2D eigenvalue weighted by Gasteiger charge is -2.21. The summed E-state index contributed by atoms with van der Waals surface area (Å²) in [6.45, 7) is 4.21. The number of esters is 1. The predicted octanol–water partition coefficient (Wildman–Crippen LogP) is 5.76. The monoisotopic (exact) mass is 507 g/mol. The van der Waals surface area contributed by atoms with E-state index in [-0.39, 0.29) is 12.0 Å². The molecule has 2 heterocycles. The number of hydrogen-bond donors (Lipinski definition) is 1. The first-order valence-electron chi connectivity index (χ1n) is 12.5. The van der Waals surface area contributed by atoms with Crippen LogP contribution < -0.4 is 15.4 Å². The molecule has 3 aromatic rings. The van der Waals surface area contributed by atoms with Gasteiger partial charge in [-0.1, -0.05) is 19.1 Å². The summed E-state index contributed by atoms with van der Waals surface area (Å²) in [6, 6.07) is 23.3. The number of ether oxygens (including phenoxy) is 2. The summed E-state index contributed by atoms with van der Waals surface area (Å²) in [4.78, 5) is 26.3. The van der Waals surface area contributed by atoms with Crippen LogP contribution in [0.4, 0.5) is 11.4 Å². The largest absolute Gasteiger partial charge is 0.480 e. The van der Waals surface area contributed by atoms with Gasteiger partial charge in [-0.2, -0.15) is 0 Å². The van der Waals surface area contributed by atoms with E-state index in [0.29, 0.717) is 11.4 Å². The third-order valence-electron chi connectivity index (χ3n) is 6.43. The van der Waals surface area contributed by atoms with Crippen molar-refractivity contribution in [2.24, 2.45) is 4.99 Å². The number of benzene rings is 3. The smallest absolute Gasteiger partial charge is 0.337 e. The van der Waals surface area contributed by atoms with Crippen LogP contribution in [0.15, 0.2) is 84.0 Å². The number of rotatable bonds is 7. The van der Waals surface area contributed by atoms with E-state index in [0.717, 1.165) is 51.3 Å². The van der Waals surface area contributed by atoms with Gasteiger partial charge in [-0.15, -0.1) is 0 Å². The fourth-order valence-corrected chi connectivity index (χ4v) is 4.31. The van der Waals surface area contributed by atoms with Gasteiger partial charge in [0.1, 0.15) is 5.69 Å². The molecule has 0 radical (unpaired) electrons. The quantitative estimate of drug-likeness (QED) is 0.222. The molecule has 1 aliphatic carbocycles. The van der Waals surface area contributed by atoms with E-state index in [1.165, 1.54) is 7.11 Å². The van der Waals surface area contributed by atoms with Gasteiger partial charge in [0.2, 0.25) is 5.88 Å². The molecular weight excluding hydrogens is 478 g/mol. The van der Waals surface area contributed by atoms with Crippen LogP contribution in [0.3, 0.4) is 0 Å². The summed E-state index contributed by atoms with van der Waals surface area (Å²) in [7, 11) is 2.98. The number of methoxy groups -OCH3 is 2. The number of carbonyl (C=O) groups excluding carboxylic acids is 1. The molecule has 0 amide bonds. The third kappa shape index (κ3) is 4.80. The Balaban J connectivity index is 1.78. The van der Waals surface area contributed by atoms with Gasteiger partial charge >= 0.3 is 5.97 Å². The molecular formula is C30H29N5O3. The number of hydrogen-bond acceptors (Lipinski definition) is 7. The minimum absolute atomic E-state index is 0.116. The molecule has 5 rings (SSSR count). The second-order valence-electron chi connectivity index (χ2n) is 8.90. The second kappa shape index (κ2) is 10.7. The first-order valence-corrected chi connectivity index (χ1v) is 12.5. The molecule has 0 saturated carbocycles. The highest BCUT2D eigenvalue weighted by atomic mass is 16.5. The van der Waals surface area contributed by atoms with Crippen molar-refractivity contribution in [2.45, 2.75) is 26.3 Å². The van der Waals surface area contributed by atoms with Gasteiger partial charge in [-0.25, -0.2) is 14.8 Å². The van der Waals surface area contributed by atoms with Gasteiger partial charge in [0.15, 0.2) is 0 Å². The zero-order chi connectivity index (χ0) is 26.6. The van der Waals surface area contributed by atoms with E-state index in [2.05, 4.69) is 34.8 Å². The number of pyridine rings is 1. The van der Waals surface area contributed by atoms with Crippen molar-refractivity contribution in [1.82, 2.24) is 14.5 Å². The van der Waals surface area contributed by atoms with Crippen molar-refractivity contribution in [3.8, 4) is 23.0 Å². The molecule has 0 saturated heterocycles. The Bertz CT molecular complexity index is 1640. The fraction of sp³-hybridized carbons (Fsp3) is 0.200. The Labute approximate surface area is 221 Å². The number of aromatic nitrogens is 3. The molecule has 8 heteroatoms. The van der Waals surface area contributed by atoms with E-state index in [1.807, 2.05) is 54.6 Å². The number of nitrogens with one attached hydrogen (secondary N) is 1. The number of carbonyl (C=O) groups is 1. The molecule has 1 aliphatic heterocycles. The van der Waals surface area contributed by atoms with Crippen LogP contribution in [0, 0.1) is 0 Å². The molecule has 1 unspecified atom stereocenters. The Morgan fingerprint density at radius 2 is 1.82 bits per heavy atom. The van der Waals surface area contributed by atoms with Crippen LogP contribution in [0.5, 0.6) is 5.88 Å². The standard InChI is InChI=1S/C30H29N5O3/c1-5-19(2)32-25-18-28-26(17-24(25)34-23-10-8-16-31-29(23)37-3)33-22-9-6-7-11-27(22)35(28)21-14-12-20(13-15-21)30(36)38-4/h6-19,34H,5H2,1-4H3. The molecule has 0 fully saturated rings. The number of fused-ring (bicyclic) bond motifs is 2. The van der Waals surface area contributed by atoms with Crippen molar-refractivity contribution >= 4 is 28.4 Å². The normalized spacial score (nSPS) is 12.5. The average molecular weight is 508 g/mol. The van der Waals surface area contributed by atoms with Gasteiger partial charge in [0, 0.05) is 17.9 Å². The van der Waals surface area contributed by atoms with E-state index in [4.69, 9.17) is 19.5 Å². The summed E-state index contributed by atoms with van der Waals surface area (Å²) in [5, 5.41) is 4.27. The summed E-state index contributed by atoms with van der Waals surface area (Å²) in [6.07, 6.45) is 2.59. The van der Waals surface area contributed by atoms with Crippen LogP contribution in [0.25, 0.3) is 28.1 Å². The van der Waals surface area contributed by atoms with E-state index in [1.54, 1.807) is 25.4 Å². The highest BCUT2D eigenvalue weighted by Gasteiger charge is 2.18. The molecule has 2 aromatic carbocycles. The van der Waals surface area contributed by atoms with Crippen LogP contribution >= 0.6 is 0 Å². The predicted molar refractivity (Wildman–Crippen MR) is 148 cm³/mol. The van der Waals surface area contributed by atoms with Gasteiger partial charge in [-0.3, -0.25) is 4.99 Å². The minimum atomic E-state index is -0.373. The number of para-hydroxylation sites is 2. The summed E-state index contributed by atoms with van der Waals surface area (Å²) in [5.74, 6) is 0.122. The van der Waals surface area contributed by atoms with Crippen LogP contribution in [-0.4, -0.2) is 40.8 Å². The summed E-state index contributed by atoms with van der Waals surface area (Å²) < 4.78 is 12.5. The van der Waals surface area contributed by atoms with Crippen LogP contribution in [0.1, 0.15) is 30.6 Å². The van der Waals surface area contributed by atoms with Crippen molar-refractivity contribution in [1.29, 1.82) is 0 Å². The fourth-order valence-electron chi connectivity index (χ4n) is 4.31. The van der Waals surface area contributed by atoms with Gasteiger partial charge < -0.3 is 19.4 Å². The molecule has 0 bridgehead atoms. The van der Waals surface area contributed by atoms with Crippen molar-refractivity contribution in [2.75, 3.05) is 19.5 Å². The Hall–Kier alpha value is -4.72. The number of anilines is 2. The van der Waals surface area contributed by atoms with Gasteiger partial charge in [-0.05, 0) is 74.0 Å². The van der Waals surface area contributed by atoms with Crippen LogP contribution in [0.2, 0.25) is 0 Å². The Morgan fingerprint density at radius 3 is 2.55 bits per heavy atom. The van der Waals surface area contributed by atoms with E-state index in [9.17, 15) is 4.79 Å². The molecule has 192 valence electrons. The Kier molecular flexibility index (Phi) is 7.04. The molecule has 2 aliphatic rings. The van der Waals surface area contributed by atoms with Crippen LogP contribution in [-0.2, 0) is 4.74 Å². The zero-order valence-electron chi connectivity index (χ0n) is 21.8. The summed E-state index contributed by atoms with van der Waals surface area (Å²) >= 11 is 0. The first-order chi connectivity index (χ1) is 18.5. The van der Waals surface area contributed by atoms with Gasteiger partial charge in [0.05, 0.1) is 53.2 Å². The minimum Gasteiger partial charge on any atom is -0.480 e. The molecule has 1 aromatic heterocycles. The maximum absolute atomic E-state index is 12.0. The van der Waals surface area contributed by atoms with Gasteiger partial charge in [0.25, 0.3) is 0 Å². The molecule has 1 atom stereocenters. The molecule has 8 nitrogen and oxygen atoms in total. The zero-order valence-corrected chi connectivity index (χ0v) is 21.8. The van der Waals surface area contributed by atoms with E-state index >= 15 is 0 Å². The highest BCUT2D eigenvalue weighted by molar-refractivity contribution is 5.90.